The first-order valence-corrected chi connectivity index (χ1v) is 6.13. The van der Waals surface area contributed by atoms with Crippen LogP contribution in [0.25, 0.3) is 5.76 Å². The molecule has 0 unspecified atom stereocenters. The molecule has 8 heteroatoms. The maximum absolute atomic E-state index is 12.1. The molecular weight excluding hydrogens is 288 g/mol. The molecule has 1 amide bonds. The van der Waals surface area contributed by atoms with Crippen LogP contribution in [-0.2, 0) is 4.79 Å². The molecule has 0 radical (unpaired) electrons. The molecule has 0 saturated carbocycles. The number of nitrogens with one attached hydrogen (secondary N) is 1. The molecule has 0 spiro atoms. The zero-order valence-corrected chi connectivity index (χ0v) is 11.8. The molecule has 0 saturated heterocycles. The summed E-state index contributed by atoms with van der Waals surface area (Å²) in [6, 6.07) is 4.77. The van der Waals surface area contributed by atoms with E-state index < -0.39 is 17.2 Å². The molecule has 2 rings (SSSR count). The van der Waals surface area contributed by atoms with E-state index in [0.717, 1.165) is 0 Å². The Hall–Kier alpha value is -3.34. The van der Waals surface area contributed by atoms with Gasteiger partial charge in [-0.05, 0) is 13.0 Å². The Morgan fingerprint density at radius 1 is 1.45 bits per heavy atom. The lowest BCUT2D eigenvalue weighted by Gasteiger charge is -2.06. The number of aryl methyl sites for hydroxylation is 1. The maximum atomic E-state index is 12.1. The summed E-state index contributed by atoms with van der Waals surface area (Å²) < 4.78 is 9.69. The van der Waals surface area contributed by atoms with Crippen LogP contribution in [-0.4, -0.2) is 28.3 Å². The van der Waals surface area contributed by atoms with E-state index in [1.54, 1.807) is 25.1 Å². The van der Waals surface area contributed by atoms with E-state index in [4.69, 9.17) is 14.5 Å². The zero-order chi connectivity index (χ0) is 16.1. The SMILES string of the molecule is COc1ccc(NC(=O)/C(C#N)=C(\O)c2cnoc2C)cn1. The van der Waals surface area contributed by atoms with Crippen molar-refractivity contribution in [3.05, 3.63) is 41.4 Å². The highest BCUT2D eigenvalue weighted by atomic mass is 16.5. The summed E-state index contributed by atoms with van der Waals surface area (Å²) in [5.74, 6) is -0.589. The molecule has 0 aromatic carbocycles. The average molecular weight is 300 g/mol. The highest BCUT2D eigenvalue weighted by Gasteiger charge is 2.20. The van der Waals surface area contributed by atoms with Crippen LogP contribution in [0.15, 0.2) is 34.6 Å². The number of nitriles is 1. The Labute approximate surface area is 125 Å². The van der Waals surface area contributed by atoms with Gasteiger partial charge in [-0.25, -0.2) is 4.98 Å². The number of ether oxygens (including phenoxy) is 1. The fourth-order valence-electron chi connectivity index (χ4n) is 1.64. The molecule has 22 heavy (non-hydrogen) atoms. The van der Waals surface area contributed by atoms with E-state index >= 15 is 0 Å². The number of pyridine rings is 1. The summed E-state index contributed by atoms with van der Waals surface area (Å²) in [6.45, 7) is 1.55. The van der Waals surface area contributed by atoms with Gasteiger partial charge in [-0.15, -0.1) is 0 Å². The first-order valence-electron chi connectivity index (χ1n) is 6.13. The van der Waals surface area contributed by atoms with Crippen molar-refractivity contribution in [3.63, 3.8) is 0 Å². The van der Waals surface area contributed by atoms with Crippen molar-refractivity contribution >= 4 is 17.4 Å². The standard InChI is InChI=1S/C14H12N4O4/c1-8-11(7-17-22-8)13(19)10(5-15)14(20)18-9-3-4-12(21-2)16-6-9/h3-4,6-7,19H,1-2H3,(H,18,20)/b13-10-. The number of nitrogens with zero attached hydrogens (tertiary/aromatic N) is 3. The van der Waals surface area contributed by atoms with E-state index in [9.17, 15) is 9.90 Å². The number of rotatable bonds is 4. The summed E-state index contributed by atoms with van der Waals surface area (Å²) >= 11 is 0. The summed E-state index contributed by atoms with van der Waals surface area (Å²) in [7, 11) is 1.47. The average Bonchev–Trinajstić information content (AvgIpc) is 2.94. The van der Waals surface area contributed by atoms with Gasteiger partial charge < -0.3 is 19.7 Å². The Balaban J connectivity index is 2.26. The molecule has 0 fully saturated rings. The predicted molar refractivity (Wildman–Crippen MR) is 75.8 cm³/mol. The predicted octanol–water partition coefficient (Wildman–Crippen LogP) is 1.82. The molecule has 2 aromatic rings. The Morgan fingerprint density at radius 2 is 2.23 bits per heavy atom. The lowest BCUT2D eigenvalue weighted by atomic mass is 10.1. The third-order valence-electron chi connectivity index (χ3n) is 2.78. The van der Waals surface area contributed by atoms with Crippen molar-refractivity contribution in [1.29, 1.82) is 5.26 Å². The number of hydrogen-bond acceptors (Lipinski definition) is 7. The number of aromatic nitrogens is 2. The molecule has 112 valence electrons. The second-order valence-corrected chi connectivity index (χ2v) is 4.17. The molecule has 0 bridgehead atoms. The molecule has 2 heterocycles. The molecule has 0 aliphatic heterocycles. The van der Waals surface area contributed by atoms with Gasteiger partial charge in [0, 0.05) is 6.07 Å². The van der Waals surface area contributed by atoms with Crippen LogP contribution in [0.4, 0.5) is 5.69 Å². The second kappa shape index (κ2) is 6.41. The van der Waals surface area contributed by atoms with Crippen molar-refractivity contribution < 1.29 is 19.2 Å². The minimum Gasteiger partial charge on any atom is -0.506 e. The van der Waals surface area contributed by atoms with Gasteiger partial charge in [-0.1, -0.05) is 5.16 Å². The number of hydrogen-bond donors (Lipinski definition) is 2. The lowest BCUT2D eigenvalue weighted by Crippen LogP contribution is -2.15. The Kier molecular flexibility index (Phi) is 4.38. The molecule has 0 aliphatic carbocycles. The van der Waals surface area contributed by atoms with E-state index in [1.807, 2.05) is 0 Å². The monoisotopic (exact) mass is 300 g/mol. The van der Waals surface area contributed by atoms with E-state index in [2.05, 4.69) is 15.5 Å². The molecule has 0 aliphatic rings. The van der Waals surface area contributed by atoms with Crippen LogP contribution < -0.4 is 10.1 Å². The lowest BCUT2D eigenvalue weighted by molar-refractivity contribution is -0.112. The van der Waals surface area contributed by atoms with Crippen molar-refractivity contribution in [1.82, 2.24) is 10.1 Å². The van der Waals surface area contributed by atoms with Crippen LogP contribution in [0.5, 0.6) is 5.88 Å². The van der Waals surface area contributed by atoms with Gasteiger partial charge in [0.05, 0.1) is 30.8 Å². The number of aliphatic hydroxyl groups excluding tert-OH is 1. The molecule has 2 N–H and O–H groups in total. The number of aliphatic hydroxyl groups is 1. The van der Waals surface area contributed by atoms with Gasteiger partial charge in [0.2, 0.25) is 5.88 Å². The summed E-state index contributed by atoms with van der Waals surface area (Å²) in [5, 5.41) is 25.1. The number of carbonyl (C=O) groups is 1. The number of amides is 1. The normalized spacial score (nSPS) is 11.3. The smallest absolute Gasteiger partial charge is 0.270 e. The largest absolute Gasteiger partial charge is 0.506 e. The molecule has 8 nitrogen and oxygen atoms in total. The van der Waals surface area contributed by atoms with Gasteiger partial charge in [0.15, 0.2) is 11.3 Å². The minimum atomic E-state index is -0.771. The van der Waals surface area contributed by atoms with E-state index in [1.165, 1.54) is 19.5 Å². The fraction of sp³-hybridized carbons (Fsp3) is 0.143. The number of methoxy groups -OCH3 is 1. The van der Waals surface area contributed by atoms with Crippen molar-refractivity contribution in [2.75, 3.05) is 12.4 Å². The highest BCUT2D eigenvalue weighted by molar-refractivity contribution is 6.10. The van der Waals surface area contributed by atoms with E-state index in [-0.39, 0.29) is 5.56 Å². The van der Waals surface area contributed by atoms with Gasteiger partial charge in [-0.3, -0.25) is 4.79 Å². The highest BCUT2D eigenvalue weighted by Crippen LogP contribution is 2.20. The van der Waals surface area contributed by atoms with Gasteiger partial charge >= 0.3 is 0 Å². The summed E-state index contributed by atoms with van der Waals surface area (Å²) in [4.78, 5) is 16.0. The van der Waals surface area contributed by atoms with Crippen LogP contribution in [0.2, 0.25) is 0 Å². The summed E-state index contributed by atoms with van der Waals surface area (Å²) in [5.41, 5.74) is 0.0788. The topological polar surface area (TPSA) is 121 Å². The van der Waals surface area contributed by atoms with Crippen molar-refractivity contribution in [2.24, 2.45) is 0 Å². The molecular formula is C14H12N4O4. The minimum absolute atomic E-state index is 0.180. The molecule has 2 aromatic heterocycles. The second-order valence-electron chi connectivity index (χ2n) is 4.17. The van der Waals surface area contributed by atoms with Crippen molar-refractivity contribution in [2.45, 2.75) is 6.92 Å². The zero-order valence-electron chi connectivity index (χ0n) is 11.8. The van der Waals surface area contributed by atoms with Crippen LogP contribution in [0.1, 0.15) is 11.3 Å². The first-order chi connectivity index (χ1) is 10.6. The van der Waals surface area contributed by atoms with Crippen LogP contribution in [0, 0.1) is 18.3 Å². The van der Waals surface area contributed by atoms with E-state index in [0.29, 0.717) is 17.3 Å². The number of carbonyl (C=O) groups excluding carboxylic acids is 1. The summed E-state index contributed by atoms with van der Waals surface area (Å²) in [6.07, 6.45) is 2.59. The fourth-order valence-corrected chi connectivity index (χ4v) is 1.64. The van der Waals surface area contributed by atoms with Gasteiger partial charge in [0.25, 0.3) is 5.91 Å². The third kappa shape index (κ3) is 3.04. The van der Waals surface area contributed by atoms with Crippen LogP contribution in [0.3, 0.4) is 0 Å². The maximum Gasteiger partial charge on any atom is 0.270 e. The van der Waals surface area contributed by atoms with Crippen molar-refractivity contribution in [3.8, 4) is 11.9 Å². The number of anilines is 1. The van der Waals surface area contributed by atoms with Crippen LogP contribution >= 0.6 is 0 Å². The molecule has 0 atom stereocenters. The Bertz CT molecular complexity index is 756. The third-order valence-corrected chi connectivity index (χ3v) is 2.78. The Morgan fingerprint density at radius 3 is 2.73 bits per heavy atom. The first kappa shape index (κ1) is 15.1. The quantitative estimate of drug-likeness (QED) is 0.501. The van der Waals surface area contributed by atoms with Gasteiger partial charge in [0.1, 0.15) is 11.8 Å². The van der Waals surface area contributed by atoms with Gasteiger partial charge in [-0.2, -0.15) is 5.26 Å².